The largest absolute Gasteiger partial charge is 0.490 e. The van der Waals surface area contributed by atoms with Crippen molar-refractivity contribution in [2.75, 3.05) is 7.11 Å². The Morgan fingerprint density at radius 2 is 2.03 bits per heavy atom. The number of carbonyl (C=O) groups is 1. The standard InChI is InChI=1S/C23H21N5O4/c1-14(2)31-20-7-5-16(11-17(20)12-24)23-26-22(27-32-23)15-4-6-19-18(10-15)13-25-28(19)9-8-21(29)30-3/h4-7,10-11,13-14H,8-9H2,1-3H3. The minimum Gasteiger partial charge on any atom is -0.490 e. The van der Waals surface area contributed by atoms with Crippen LogP contribution in [0.5, 0.6) is 5.75 Å². The molecule has 0 aliphatic carbocycles. The number of ether oxygens (including phenoxy) is 2. The lowest BCUT2D eigenvalue weighted by Gasteiger charge is -2.11. The third-order valence-corrected chi connectivity index (χ3v) is 4.79. The summed E-state index contributed by atoms with van der Waals surface area (Å²) in [5.41, 5.74) is 2.69. The normalized spacial score (nSPS) is 11.0. The Labute approximate surface area is 184 Å². The molecule has 9 heteroatoms. The highest BCUT2D eigenvalue weighted by Gasteiger charge is 2.15. The zero-order valence-electron chi connectivity index (χ0n) is 17.9. The minimum absolute atomic E-state index is 0.0392. The van der Waals surface area contributed by atoms with Crippen LogP contribution in [0.4, 0.5) is 0 Å². The van der Waals surface area contributed by atoms with Crippen LogP contribution >= 0.6 is 0 Å². The topological polar surface area (TPSA) is 116 Å². The zero-order valence-corrected chi connectivity index (χ0v) is 17.9. The van der Waals surface area contributed by atoms with Gasteiger partial charge in [-0.15, -0.1) is 0 Å². The second-order valence-electron chi connectivity index (χ2n) is 7.38. The maximum atomic E-state index is 11.4. The number of carbonyl (C=O) groups excluding carboxylic acids is 1. The van der Waals surface area contributed by atoms with Crippen LogP contribution in [0.15, 0.2) is 47.1 Å². The number of fused-ring (bicyclic) bond motifs is 1. The first kappa shape index (κ1) is 21.1. The van der Waals surface area contributed by atoms with E-state index in [1.165, 1.54) is 7.11 Å². The van der Waals surface area contributed by atoms with Crippen molar-refractivity contribution in [3.05, 3.63) is 48.2 Å². The van der Waals surface area contributed by atoms with Gasteiger partial charge in [0.25, 0.3) is 5.89 Å². The number of hydrogen-bond donors (Lipinski definition) is 0. The van der Waals surface area contributed by atoms with E-state index >= 15 is 0 Å². The van der Waals surface area contributed by atoms with E-state index in [-0.39, 0.29) is 18.5 Å². The van der Waals surface area contributed by atoms with Crippen molar-refractivity contribution in [2.45, 2.75) is 32.9 Å². The fourth-order valence-electron chi connectivity index (χ4n) is 3.27. The number of hydrogen-bond acceptors (Lipinski definition) is 8. The molecule has 32 heavy (non-hydrogen) atoms. The molecule has 0 aliphatic heterocycles. The summed E-state index contributed by atoms with van der Waals surface area (Å²) in [6.07, 6.45) is 1.93. The van der Waals surface area contributed by atoms with Gasteiger partial charge in [0.1, 0.15) is 11.8 Å². The van der Waals surface area contributed by atoms with E-state index in [4.69, 9.17) is 9.26 Å². The number of esters is 1. The molecule has 0 fully saturated rings. The van der Waals surface area contributed by atoms with E-state index < -0.39 is 0 Å². The fraction of sp³-hybridized carbons (Fsp3) is 0.261. The first-order valence-electron chi connectivity index (χ1n) is 10.1. The minimum atomic E-state index is -0.284. The van der Waals surface area contributed by atoms with Crippen molar-refractivity contribution in [2.24, 2.45) is 0 Å². The Hall–Kier alpha value is -4.19. The van der Waals surface area contributed by atoms with Crippen LogP contribution in [-0.4, -0.2) is 39.1 Å². The van der Waals surface area contributed by atoms with Crippen molar-refractivity contribution in [3.63, 3.8) is 0 Å². The Bertz CT molecular complexity index is 1320. The number of rotatable bonds is 7. The number of aryl methyl sites for hydroxylation is 1. The Balaban J connectivity index is 1.58. The number of nitrogens with zero attached hydrogens (tertiary/aromatic N) is 5. The van der Waals surface area contributed by atoms with Gasteiger partial charge in [0.15, 0.2) is 0 Å². The highest BCUT2D eigenvalue weighted by Crippen LogP contribution is 2.29. The molecule has 0 amide bonds. The maximum absolute atomic E-state index is 11.4. The molecule has 0 saturated heterocycles. The highest BCUT2D eigenvalue weighted by atomic mass is 16.5. The van der Waals surface area contributed by atoms with Gasteiger partial charge < -0.3 is 14.0 Å². The van der Waals surface area contributed by atoms with E-state index in [1.54, 1.807) is 29.1 Å². The zero-order chi connectivity index (χ0) is 22.7. The lowest BCUT2D eigenvalue weighted by atomic mass is 10.1. The summed E-state index contributed by atoms with van der Waals surface area (Å²) in [4.78, 5) is 15.9. The quantitative estimate of drug-likeness (QED) is 0.404. The summed E-state index contributed by atoms with van der Waals surface area (Å²) in [5, 5.41) is 18.8. The molecule has 0 atom stereocenters. The van der Waals surface area contributed by atoms with Gasteiger partial charge in [0.2, 0.25) is 5.82 Å². The molecule has 0 unspecified atom stereocenters. The van der Waals surface area contributed by atoms with Gasteiger partial charge in [-0.2, -0.15) is 15.3 Å². The number of benzene rings is 2. The molecule has 0 aliphatic rings. The van der Waals surface area contributed by atoms with Crippen LogP contribution in [0.1, 0.15) is 25.8 Å². The highest BCUT2D eigenvalue weighted by molar-refractivity contribution is 5.83. The summed E-state index contributed by atoms with van der Waals surface area (Å²) >= 11 is 0. The first-order valence-corrected chi connectivity index (χ1v) is 10.1. The Morgan fingerprint density at radius 1 is 1.22 bits per heavy atom. The average Bonchev–Trinajstić information content (AvgIpc) is 3.44. The third kappa shape index (κ3) is 4.30. The van der Waals surface area contributed by atoms with Gasteiger partial charge >= 0.3 is 5.97 Å². The van der Waals surface area contributed by atoms with Gasteiger partial charge in [-0.05, 0) is 50.2 Å². The van der Waals surface area contributed by atoms with E-state index in [9.17, 15) is 10.1 Å². The molecule has 2 aromatic heterocycles. The predicted molar refractivity (Wildman–Crippen MR) is 116 cm³/mol. The molecule has 0 N–H and O–H groups in total. The molecule has 2 heterocycles. The van der Waals surface area contributed by atoms with Crippen LogP contribution in [0.25, 0.3) is 33.7 Å². The lowest BCUT2D eigenvalue weighted by molar-refractivity contribution is -0.140. The number of nitriles is 1. The van der Waals surface area contributed by atoms with Crippen molar-refractivity contribution in [1.29, 1.82) is 5.26 Å². The SMILES string of the molecule is COC(=O)CCn1ncc2cc(-c3noc(-c4ccc(OC(C)C)c(C#N)c4)n3)ccc21. The van der Waals surface area contributed by atoms with E-state index in [2.05, 4.69) is 26.0 Å². The Kier molecular flexibility index (Phi) is 5.85. The molecule has 0 saturated carbocycles. The second-order valence-corrected chi connectivity index (χ2v) is 7.38. The average molecular weight is 431 g/mol. The molecule has 4 rings (SSSR count). The number of methoxy groups -OCH3 is 1. The predicted octanol–water partition coefficient (Wildman–Crippen LogP) is 3.98. The van der Waals surface area contributed by atoms with E-state index in [0.717, 1.165) is 16.5 Å². The smallest absolute Gasteiger partial charge is 0.307 e. The summed E-state index contributed by atoms with van der Waals surface area (Å²) in [6.45, 7) is 4.23. The summed E-state index contributed by atoms with van der Waals surface area (Å²) in [7, 11) is 1.36. The molecule has 2 aromatic carbocycles. The van der Waals surface area contributed by atoms with Crippen LogP contribution in [-0.2, 0) is 16.1 Å². The first-order chi connectivity index (χ1) is 15.5. The van der Waals surface area contributed by atoms with Crippen LogP contribution < -0.4 is 4.74 Å². The van der Waals surface area contributed by atoms with Crippen LogP contribution in [0.2, 0.25) is 0 Å². The van der Waals surface area contributed by atoms with Gasteiger partial charge in [0, 0.05) is 16.5 Å². The molecule has 0 spiro atoms. The summed E-state index contributed by atoms with van der Waals surface area (Å²) in [5.74, 6) is 0.959. The van der Waals surface area contributed by atoms with E-state index in [0.29, 0.717) is 35.1 Å². The van der Waals surface area contributed by atoms with Gasteiger partial charge in [-0.3, -0.25) is 9.48 Å². The molecule has 0 radical (unpaired) electrons. The van der Waals surface area contributed by atoms with E-state index in [1.807, 2.05) is 32.0 Å². The van der Waals surface area contributed by atoms with Crippen molar-refractivity contribution < 1.29 is 18.8 Å². The summed E-state index contributed by atoms with van der Waals surface area (Å²) in [6, 6.07) is 13.0. The molecule has 162 valence electrons. The third-order valence-electron chi connectivity index (χ3n) is 4.79. The summed E-state index contributed by atoms with van der Waals surface area (Å²) < 4.78 is 17.5. The van der Waals surface area contributed by atoms with Gasteiger partial charge in [0.05, 0.1) is 43.5 Å². The molecular formula is C23H21N5O4. The van der Waals surface area contributed by atoms with Crippen molar-refractivity contribution in [1.82, 2.24) is 19.9 Å². The van der Waals surface area contributed by atoms with Gasteiger partial charge in [-0.25, -0.2) is 0 Å². The number of aromatic nitrogens is 4. The molecule has 4 aromatic rings. The Morgan fingerprint density at radius 3 is 2.78 bits per heavy atom. The van der Waals surface area contributed by atoms with Crippen molar-refractivity contribution in [3.8, 4) is 34.7 Å². The molecule has 0 bridgehead atoms. The maximum Gasteiger partial charge on any atom is 0.307 e. The molecular weight excluding hydrogens is 410 g/mol. The van der Waals surface area contributed by atoms with Crippen molar-refractivity contribution >= 4 is 16.9 Å². The van der Waals surface area contributed by atoms with Gasteiger partial charge in [-0.1, -0.05) is 5.16 Å². The lowest BCUT2D eigenvalue weighted by Crippen LogP contribution is -2.07. The molecule has 9 nitrogen and oxygen atoms in total. The monoisotopic (exact) mass is 431 g/mol. The fourth-order valence-corrected chi connectivity index (χ4v) is 3.27. The van der Waals surface area contributed by atoms with Crippen LogP contribution in [0.3, 0.4) is 0 Å². The van der Waals surface area contributed by atoms with Crippen LogP contribution in [0, 0.1) is 11.3 Å². The second kappa shape index (κ2) is 8.89.